The van der Waals surface area contributed by atoms with Crippen molar-refractivity contribution in [1.29, 1.82) is 0 Å². The molecule has 1 fully saturated rings. The van der Waals surface area contributed by atoms with Crippen LogP contribution in [-0.4, -0.2) is 29.9 Å². The Morgan fingerprint density at radius 3 is 2.56 bits per heavy atom. The molecule has 0 radical (unpaired) electrons. The van der Waals surface area contributed by atoms with Crippen LogP contribution in [0.1, 0.15) is 41.0 Å². The topological polar surface area (TPSA) is 46.6 Å². The highest BCUT2D eigenvalue weighted by atomic mass is 16.5. The van der Waals surface area contributed by atoms with E-state index >= 15 is 0 Å². The lowest BCUT2D eigenvalue weighted by molar-refractivity contribution is -0.148. The molecule has 1 aliphatic heterocycles. The van der Waals surface area contributed by atoms with Gasteiger partial charge in [-0.2, -0.15) is 0 Å². The zero-order chi connectivity index (χ0) is 14.1. The smallest absolute Gasteiger partial charge is 0.242 e. The maximum atomic E-state index is 12.5. The molecule has 1 rings (SSSR count). The summed E-state index contributed by atoms with van der Waals surface area (Å²) in [5, 5.41) is 0. The van der Waals surface area contributed by atoms with Gasteiger partial charge in [-0.1, -0.05) is 19.9 Å². The number of amides is 2. The van der Waals surface area contributed by atoms with Crippen molar-refractivity contribution in [2.45, 2.75) is 47.1 Å². The minimum absolute atomic E-state index is 0.0243. The van der Waals surface area contributed by atoms with Crippen LogP contribution in [0.25, 0.3) is 0 Å². The van der Waals surface area contributed by atoms with E-state index in [0.29, 0.717) is 0 Å². The molecule has 0 saturated carbocycles. The Hall–Kier alpha value is -1.16. The molecule has 18 heavy (non-hydrogen) atoms. The summed E-state index contributed by atoms with van der Waals surface area (Å²) >= 11 is 0. The van der Waals surface area contributed by atoms with Crippen molar-refractivity contribution in [1.82, 2.24) is 4.90 Å². The fraction of sp³-hybridized carbons (Fsp3) is 0.714. The summed E-state index contributed by atoms with van der Waals surface area (Å²) in [6.45, 7) is 9.16. The molecule has 0 aliphatic carbocycles. The van der Waals surface area contributed by atoms with E-state index in [-0.39, 0.29) is 23.8 Å². The Labute approximate surface area is 109 Å². The first-order valence-electron chi connectivity index (χ1n) is 6.40. The van der Waals surface area contributed by atoms with E-state index in [1.165, 1.54) is 11.8 Å². The third-order valence-corrected chi connectivity index (χ3v) is 4.19. The number of hydrogen-bond acceptors (Lipinski definition) is 3. The van der Waals surface area contributed by atoms with Crippen LogP contribution in [0, 0.1) is 11.3 Å². The summed E-state index contributed by atoms with van der Waals surface area (Å²) in [6.07, 6.45) is 2.52. The molecule has 0 aromatic rings. The quantitative estimate of drug-likeness (QED) is 0.775. The van der Waals surface area contributed by atoms with Crippen molar-refractivity contribution in [3.63, 3.8) is 0 Å². The van der Waals surface area contributed by atoms with Crippen molar-refractivity contribution in [2.24, 2.45) is 11.3 Å². The van der Waals surface area contributed by atoms with Gasteiger partial charge < -0.3 is 4.74 Å². The first-order chi connectivity index (χ1) is 8.32. The van der Waals surface area contributed by atoms with Gasteiger partial charge in [-0.05, 0) is 20.3 Å². The molecule has 0 bridgehead atoms. The lowest BCUT2D eigenvalue weighted by atomic mass is 9.75. The molecule has 0 spiro atoms. The highest BCUT2D eigenvalue weighted by molar-refractivity contribution is 6.02. The Morgan fingerprint density at radius 2 is 2.17 bits per heavy atom. The number of imide groups is 1. The summed E-state index contributed by atoms with van der Waals surface area (Å²) in [7, 11) is 1.59. The van der Waals surface area contributed by atoms with Gasteiger partial charge in [-0.15, -0.1) is 0 Å². The second kappa shape index (κ2) is 5.22. The Balaban J connectivity index is 3.31. The van der Waals surface area contributed by atoms with E-state index in [2.05, 4.69) is 0 Å². The van der Waals surface area contributed by atoms with Crippen LogP contribution in [-0.2, 0) is 14.3 Å². The van der Waals surface area contributed by atoms with Crippen LogP contribution < -0.4 is 0 Å². The maximum Gasteiger partial charge on any atom is 0.242 e. The zero-order valence-corrected chi connectivity index (χ0v) is 12.1. The van der Waals surface area contributed by atoms with E-state index in [0.717, 1.165) is 12.1 Å². The highest BCUT2D eigenvalue weighted by Gasteiger charge is 2.55. The Morgan fingerprint density at radius 1 is 1.61 bits per heavy atom. The maximum absolute atomic E-state index is 12.5. The number of nitrogens with zero attached hydrogens (tertiary/aromatic N) is 1. The molecule has 4 nitrogen and oxygen atoms in total. The van der Waals surface area contributed by atoms with Crippen LogP contribution in [0.15, 0.2) is 11.8 Å². The van der Waals surface area contributed by atoms with E-state index in [9.17, 15) is 9.59 Å². The van der Waals surface area contributed by atoms with Gasteiger partial charge in [0.2, 0.25) is 11.8 Å². The van der Waals surface area contributed by atoms with Crippen molar-refractivity contribution in [3.05, 3.63) is 11.8 Å². The minimum atomic E-state index is -0.679. The van der Waals surface area contributed by atoms with Crippen LogP contribution in [0.4, 0.5) is 0 Å². The zero-order valence-electron chi connectivity index (χ0n) is 12.1. The van der Waals surface area contributed by atoms with E-state index in [4.69, 9.17) is 4.74 Å². The largest absolute Gasteiger partial charge is 0.381 e. The third-order valence-electron chi connectivity index (χ3n) is 4.19. The van der Waals surface area contributed by atoms with E-state index in [1.807, 2.05) is 33.8 Å². The number of hydrogen-bond donors (Lipinski definition) is 0. The predicted octanol–water partition coefficient (Wildman–Crippen LogP) is 2.35. The summed E-state index contributed by atoms with van der Waals surface area (Å²) in [4.78, 5) is 25.6. The number of allylic oxidation sites excluding steroid dienone is 2. The minimum Gasteiger partial charge on any atom is -0.381 e. The van der Waals surface area contributed by atoms with Crippen LogP contribution in [0.2, 0.25) is 0 Å². The molecule has 4 heteroatoms. The molecule has 0 N–H and O–H groups in total. The molecule has 3 atom stereocenters. The third kappa shape index (κ3) is 1.99. The van der Waals surface area contributed by atoms with Crippen molar-refractivity contribution >= 4 is 11.8 Å². The highest BCUT2D eigenvalue weighted by Crippen LogP contribution is 2.47. The second-order valence-corrected chi connectivity index (χ2v) is 5.08. The van der Waals surface area contributed by atoms with Crippen molar-refractivity contribution in [2.75, 3.05) is 7.11 Å². The summed E-state index contributed by atoms with van der Waals surface area (Å²) in [5.41, 5.74) is 0.128. The van der Waals surface area contributed by atoms with Gasteiger partial charge in [0, 0.05) is 25.6 Å². The van der Waals surface area contributed by atoms with Gasteiger partial charge in [-0.3, -0.25) is 14.5 Å². The molecule has 0 aromatic carbocycles. The second-order valence-electron chi connectivity index (χ2n) is 5.08. The van der Waals surface area contributed by atoms with Crippen LogP contribution in [0.5, 0.6) is 0 Å². The number of carbonyl (C=O) groups is 2. The van der Waals surface area contributed by atoms with Gasteiger partial charge in [0.25, 0.3) is 0 Å². The molecule has 1 unspecified atom stereocenters. The number of rotatable bonds is 3. The predicted molar refractivity (Wildman–Crippen MR) is 69.6 cm³/mol. The number of carbonyl (C=O) groups excluding carboxylic acids is 2. The van der Waals surface area contributed by atoms with Crippen molar-refractivity contribution < 1.29 is 14.3 Å². The van der Waals surface area contributed by atoms with E-state index < -0.39 is 5.41 Å². The van der Waals surface area contributed by atoms with Crippen LogP contribution in [0.3, 0.4) is 0 Å². The molecule has 1 aliphatic rings. The van der Waals surface area contributed by atoms with Gasteiger partial charge >= 0.3 is 0 Å². The normalized spacial score (nSPS) is 32.1. The molecule has 0 aromatic heterocycles. The fourth-order valence-electron chi connectivity index (χ4n) is 2.62. The fourth-order valence-corrected chi connectivity index (χ4v) is 2.62. The summed E-state index contributed by atoms with van der Waals surface area (Å²) in [5.74, 6) is -0.404. The number of methoxy groups -OCH3 is 1. The number of ether oxygens (including phenoxy) is 1. The lowest BCUT2D eigenvalue weighted by Gasteiger charge is -2.31. The van der Waals surface area contributed by atoms with Gasteiger partial charge in [0.1, 0.15) is 0 Å². The molecule has 1 saturated heterocycles. The average molecular weight is 253 g/mol. The first kappa shape index (κ1) is 14.9. The van der Waals surface area contributed by atoms with Gasteiger partial charge in [0.15, 0.2) is 0 Å². The van der Waals surface area contributed by atoms with Crippen LogP contribution >= 0.6 is 0 Å². The molecule has 2 amide bonds. The van der Waals surface area contributed by atoms with Gasteiger partial charge in [0.05, 0.1) is 11.5 Å². The average Bonchev–Trinajstić information content (AvgIpc) is 2.51. The molecular formula is C14H23NO3. The SMILES string of the molecule is CC/C=C1\C(C)[C@@](C)([C@@H](C)OC)C(=O)N1C(C)=O. The standard InChI is InChI=1S/C14H23NO3/c1-7-8-12-9(2)14(5,10(3)18-6)13(17)15(12)11(4)16/h8-10H,7H2,1-6H3/b12-8+/t9?,10-,14+/m1/s1. The first-order valence-corrected chi connectivity index (χ1v) is 6.40. The van der Waals surface area contributed by atoms with E-state index in [1.54, 1.807) is 7.11 Å². The lowest BCUT2D eigenvalue weighted by Crippen LogP contribution is -2.43. The monoisotopic (exact) mass is 253 g/mol. The Bertz CT molecular complexity index is 389. The Kier molecular flexibility index (Phi) is 4.32. The van der Waals surface area contributed by atoms with Gasteiger partial charge in [-0.25, -0.2) is 0 Å². The summed E-state index contributed by atoms with van der Waals surface area (Å²) in [6, 6.07) is 0. The van der Waals surface area contributed by atoms with Crippen molar-refractivity contribution in [3.8, 4) is 0 Å². The molecular weight excluding hydrogens is 230 g/mol. The summed E-state index contributed by atoms with van der Waals surface area (Å²) < 4.78 is 5.35. The molecule has 1 heterocycles. The number of likely N-dealkylation sites (tertiary alicyclic amines) is 1. The molecule has 102 valence electrons.